The lowest BCUT2D eigenvalue weighted by Gasteiger charge is -2.32. The second kappa shape index (κ2) is 7.36. The number of aliphatic carboxylic acids is 1. The summed E-state index contributed by atoms with van der Waals surface area (Å²) in [5.41, 5.74) is 1.12. The van der Waals surface area contributed by atoms with Crippen molar-refractivity contribution >= 4 is 5.97 Å². The van der Waals surface area contributed by atoms with Crippen LogP contribution in [0, 0.1) is 11.7 Å². The van der Waals surface area contributed by atoms with Crippen LogP contribution in [0.1, 0.15) is 18.4 Å². The zero-order valence-corrected chi connectivity index (χ0v) is 11.5. The van der Waals surface area contributed by atoms with Crippen molar-refractivity contribution in [3.63, 3.8) is 0 Å². The molecule has 0 radical (unpaired) electrons. The Balaban J connectivity index is 1.78. The van der Waals surface area contributed by atoms with E-state index < -0.39 is 5.97 Å². The highest BCUT2D eigenvalue weighted by Gasteiger charge is 2.19. The van der Waals surface area contributed by atoms with E-state index in [1.165, 1.54) is 12.1 Å². The molecule has 20 heavy (non-hydrogen) atoms. The number of halogens is 1. The van der Waals surface area contributed by atoms with Crippen molar-refractivity contribution in [2.75, 3.05) is 26.2 Å². The van der Waals surface area contributed by atoms with Crippen LogP contribution in [-0.4, -0.2) is 42.2 Å². The number of nitrogens with zero attached hydrogens (tertiary/aromatic N) is 1. The van der Waals surface area contributed by atoms with E-state index in [0.717, 1.165) is 44.6 Å². The third kappa shape index (κ3) is 4.90. The molecule has 2 rings (SSSR count). The summed E-state index contributed by atoms with van der Waals surface area (Å²) in [7, 11) is 0. The van der Waals surface area contributed by atoms with Crippen molar-refractivity contribution in [3.05, 3.63) is 35.6 Å². The minimum atomic E-state index is -0.816. The lowest BCUT2D eigenvalue weighted by Crippen LogP contribution is -2.40. The lowest BCUT2D eigenvalue weighted by atomic mass is 9.97. The molecule has 1 unspecified atom stereocenters. The van der Waals surface area contributed by atoms with Gasteiger partial charge >= 0.3 is 5.97 Å². The lowest BCUT2D eigenvalue weighted by molar-refractivity contribution is -0.136. The number of piperidine rings is 1. The highest BCUT2D eigenvalue weighted by atomic mass is 19.1. The molecule has 1 heterocycles. The zero-order valence-electron chi connectivity index (χ0n) is 11.5. The Morgan fingerprint density at radius 2 is 2.15 bits per heavy atom. The molecule has 1 aliphatic rings. The number of hydrogen-bond acceptors (Lipinski definition) is 3. The molecular weight excluding hydrogens is 259 g/mol. The Kier molecular flexibility index (Phi) is 5.49. The van der Waals surface area contributed by atoms with Crippen molar-refractivity contribution in [2.45, 2.75) is 19.4 Å². The number of carboxylic acid groups (broad SMARTS) is 1. The first-order chi connectivity index (χ1) is 9.63. The van der Waals surface area contributed by atoms with Crippen LogP contribution in [0.3, 0.4) is 0 Å². The van der Waals surface area contributed by atoms with Gasteiger partial charge in [0.15, 0.2) is 0 Å². The van der Waals surface area contributed by atoms with Gasteiger partial charge in [0.2, 0.25) is 0 Å². The number of benzene rings is 1. The molecule has 0 aromatic heterocycles. The Morgan fingerprint density at radius 1 is 1.40 bits per heavy atom. The van der Waals surface area contributed by atoms with E-state index in [0.29, 0.717) is 5.92 Å². The van der Waals surface area contributed by atoms with Crippen molar-refractivity contribution in [3.8, 4) is 0 Å². The first kappa shape index (κ1) is 14.9. The van der Waals surface area contributed by atoms with Gasteiger partial charge in [-0.15, -0.1) is 0 Å². The molecule has 110 valence electrons. The molecule has 0 saturated carbocycles. The van der Waals surface area contributed by atoms with Gasteiger partial charge in [0.25, 0.3) is 0 Å². The maximum absolute atomic E-state index is 12.9. The van der Waals surface area contributed by atoms with Crippen LogP contribution < -0.4 is 5.32 Å². The molecule has 0 spiro atoms. The van der Waals surface area contributed by atoms with Crippen LogP contribution in [0.15, 0.2) is 24.3 Å². The van der Waals surface area contributed by atoms with Gasteiger partial charge in [-0.05, 0) is 49.5 Å². The summed E-state index contributed by atoms with van der Waals surface area (Å²) in [4.78, 5) is 12.8. The molecule has 1 atom stereocenters. The summed E-state index contributed by atoms with van der Waals surface area (Å²) in [6.45, 7) is 3.60. The van der Waals surface area contributed by atoms with Gasteiger partial charge in [0.05, 0.1) is 6.54 Å². The van der Waals surface area contributed by atoms with E-state index in [9.17, 15) is 9.18 Å². The molecule has 1 saturated heterocycles. The summed E-state index contributed by atoms with van der Waals surface area (Å²) >= 11 is 0. The minimum absolute atomic E-state index is 0.0223. The number of carbonyl (C=O) groups is 1. The van der Waals surface area contributed by atoms with Gasteiger partial charge in [-0.1, -0.05) is 12.1 Å². The third-order valence-electron chi connectivity index (χ3n) is 3.63. The Morgan fingerprint density at radius 3 is 2.85 bits per heavy atom. The SMILES string of the molecule is O=C(O)CNCC1CCCN(Cc2ccc(F)cc2)C1. The molecule has 0 aliphatic carbocycles. The summed E-state index contributed by atoms with van der Waals surface area (Å²) in [6, 6.07) is 6.62. The van der Waals surface area contributed by atoms with E-state index in [1.54, 1.807) is 0 Å². The second-order valence-corrected chi connectivity index (χ2v) is 5.39. The second-order valence-electron chi connectivity index (χ2n) is 5.39. The predicted molar refractivity (Wildman–Crippen MR) is 74.9 cm³/mol. The van der Waals surface area contributed by atoms with Crippen LogP contribution >= 0.6 is 0 Å². The van der Waals surface area contributed by atoms with Gasteiger partial charge in [-0.3, -0.25) is 9.69 Å². The fraction of sp³-hybridized carbons (Fsp3) is 0.533. The van der Waals surface area contributed by atoms with Crippen LogP contribution in [0.2, 0.25) is 0 Å². The number of hydrogen-bond donors (Lipinski definition) is 2. The number of rotatable bonds is 6. The number of carboxylic acids is 1. The summed E-state index contributed by atoms with van der Waals surface area (Å²) in [5, 5.41) is 11.6. The maximum Gasteiger partial charge on any atom is 0.317 e. The molecule has 5 heteroatoms. The van der Waals surface area contributed by atoms with Gasteiger partial charge in [-0.2, -0.15) is 0 Å². The van der Waals surface area contributed by atoms with Gasteiger partial charge in [0, 0.05) is 13.1 Å². The van der Waals surface area contributed by atoms with Gasteiger partial charge in [0.1, 0.15) is 5.82 Å². The molecule has 1 aliphatic heterocycles. The predicted octanol–water partition coefficient (Wildman–Crippen LogP) is 1.71. The molecule has 1 aromatic carbocycles. The molecule has 0 bridgehead atoms. The van der Waals surface area contributed by atoms with Crippen LogP contribution in [0.4, 0.5) is 4.39 Å². The standard InChI is InChI=1S/C15H21FN2O2/c16-14-5-3-12(4-6-14)10-18-7-1-2-13(11-18)8-17-9-15(19)20/h3-6,13,17H,1-2,7-11H2,(H,19,20). The smallest absolute Gasteiger partial charge is 0.317 e. The van der Waals surface area contributed by atoms with E-state index in [4.69, 9.17) is 5.11 Å². The quantitative estimate of drug-likeness (QED) is 0.833. The molecule has 2 N–H and O–H groups in total. The molecule has 0 amide bonds. The summed E-state index contributed by atoms with van der Waals surface area (Å²) in [6.07, 6.45) is 2.26. The first-order valence-electron chi connectivity index (χ1n) is 7.03. The number of nitrogens with one attached hydrogen (secondary N) is 1. The van der Waals surface area contributed by atoms with Gasteiger partial charge in [-0.25, -0.2) is 4.39 Å². The largest absolute Gasteiger partial charge is 0.480 e. The van der Waals surface area contributed by atoms with Gasteiger partial charge < -0.3 is 10.4 Å². The molecule has 1 aromatic rings. The summed E-state index contributed by atoms with van der Waals surface area (Å²) < 4.78 is 12.9. The molecule has 1 fully saturated rings. The van der Waals surface area contributed by atoms with Crippen LogP contribution in [0.5, 0.6) is 0 Å². The van der Waals surface area contributed by atoms with E-state index in [-0.39, 0.29) is 12.4 Å². The Hall–Kier alpha value is -1.46. The normalized spacial score (nSPS) is 19.9. The third-order valence-corrected chi connectivity index (χ3v) is 3.63. The summed E-state index contributed by atoms with van der Waals surface area (Å²) in [5.74, 6) is -0.532. The average Bonchev–Trinajstić information content (AvgIpc) is 2.41. The monoisotopic (exact) mass is 280 g/mol. The Labute approximate surface area is 118 Å². The highest BCUT2D eigenvalue weighted by Crippen LogP contribution is 2.18. The molecular formula is C15H21FN2O2. The van der Waals surface area contributed by atoms with Crippen molar-refractivity contribution in [1.82, 2.24) is 10.2 Å². The first-order valence-corrected chi connectivity index (χ1v) is 7.03. The van der Waals surface area contributed by atoms with Crippen molar-refractivity contribution in [2.24, 2.45) is 5.92 Å². The van der Waals surface area contributed by atoms with Crippen molar-refractivity contribution in [1.29, 1.82) is 0 Å². The van der Waals surface area contributed by atoms with E-state index in [2.05, 4.69) is 10.2 Å². The Bertz CT molecular complexity index is 436. The minimum Gasteiger partial charge on any atom is -0.480 e. The zero-order chi connectivity index (χ0) is 14.4. The fourth-order valence-electron chi connectivity index (χ4n) is 2.69. The average molecular weight is 280 g/mol. The number of likely N-dealkylation sites (tertiary alicyclic amines) is 1. The van der Waals surface area contributed by atoms with Crippen LogP contribution in [-0.2, 0) is 11.3 Å². The maximum atomic E-state index is 12.9. The molecule has 4 nitrogen and oxygen atoms in total. The van der Waals surface area contributed by atoms with Crippen LogP contribution in [0.25, 0.3) is 0 Å². The van der Waals surface area contributed by atoms with E-state index >= 15 is 0 Å². The topological polar surface area (TPSA) is 52.6 Å². The van der Waals surface area contributed by atoms with Crippen molar-refractivity contribution < 1.29 is 14.3 Å². The fourth-order valence-corrected chi connectivity index (χ4v) is 2.69. The highest BCUT2D eigenvalue weighted by molar-refractivity contribution is 5.68. The van der Waals surface area contributed by atoms with E-state index in [1.807, 2.05) is 12.1 Å².